The topological polar surface area (TPSA) is 21.3 Å². The van der Waals surface area contributed by atoms with Gasteiger partial charge in [0.1, 0.15) is 0 Å². The first kappa shape index (κ1) is 10.7. The fraction of sp³-hybridized carbons (Fsp3) is 0.600. The van der Waals surface area contributed by atoms with Crippen LogP contribution in [0.2, 0.25) is 0 Å². The first-order valence-corrected chi connectivity index (χ1v) is 5.43. The Bertz CT molecular complexity index is 211. The van der Waals surface area contributed by atoms with E-state index in [2.05, 4.69) is 22.8 Å². The fourth-order valence-corrected chi connectivity index (χ4v) is 2.07. The van der Waals surface area contributed by atoms with Gasteiger partial charge >= 0.3 is 0 Å². The van der Waals surface area contributed by atoms with Crippen LogP contribution in [-0.4, -0.2) is 26.8 Å². The molecule has 0 spiro atoms. The van der Waals surface area contributed by atoms with E-state index >= 15 is 0 Å². The van der Waals surface area contributed by atoms with Crippen LogP contribution >= 0.6 is 11.3 Å². The third-order valence-corrected chi connectivity index (χ3v) is 3.01. The number of thiophene rings is 1. The average molecular weight is 199 g/mol. The molecule has 1 heterocycles. The lowest BCUT2D eigenvalue weighted by atomic mass is 10.1. The van der Waals surface area contributed by atoms with Crippen LogP contribution in [0.15, 0.2) is 17.5 Å². The molecule has 0 aliphatic rings. The summed E-state index contributed by atoms with van der Waals surface area (Å²) >= 11 is 1.82. The standard InChI is InChI=1S/C10H17NOS/c1-11-9(5-6-12-2)8-10-4-3-7-13-10/h3-4,7,9,11H,5-6,8H2,1-2H3. The summed E-state index contributed by atoms with van der Waals surface area (Å²) in [5, 5.41) is 5.43. The van der Waals surface area contributed by atoms with Crippen molar-refractivity contribution in [2.45, 2.75) is 18.9 Å². The van der Waals surface area contributed by atoms with Gasteiger partial charge in [0.25, 0.3) is 0 Å². The van der Waals surface area contributed by atoms with E-state index in [4.69, 9.17) is 4.74 Å². The molecule has 13 heavy (non-hydrogen) atoms. The maximum Gasteiger partial charge on any atom is 0.0477 e. The number of methoxy groups -OCH3 is 1. The molecule has 0 amide bonds. The number of hydrogen-bond acceptors (Lipinski definition) is 3. The van der Waals surface area contributed by atoms with Crippen LogP contribution in [0.1, 0.15) is 11.3 Å². The predicted molar refractivity (Wildman–Crippen MR) is 57.4 cm³/mol. The minimum atomic E-state index is 0.540. The van der Waals surface area contributed by atoms with Crippen molar-refractivity contribution in [3.8, 4) is 0 Å². The highest BCUT2D eigenvalue weighted by Gasteiger charge is 2.06. The Morgan fingerprint density at radius 2 is 2.46 bits per heavy atom. The molecule has 0 aliphatic heterocycles. The summed E-state index contributed by atoms with van der Waals surface area (Å²) in [7, 11) is 3.76. The molecule has 1 unspecified atom stereocenters. The summed E-state index contributed by atoms with van der Waals surface area (Å²) in [6.45, 7) is 0.830. The van der Waals surface area contributed by atoms with E-state index in [1.807, 2.05) is 18.4 Å². The van der Waals surface area contributed by atoms with Crippen LogP contribution in [0, 0.1) is 0 Å². The molecule has 0 radical (unpaired) electrons. The van der Waals surface area contributed by atoms with E-state index in [9.17, 15) is 0 Å². The Balaban J connectivity index is 2.31. The second kappa shape index (κ2) is 6.13. The van der Waals surface area contributed by atoms with Gasteiger partial charge in [0.05, 0.1) is 0 Å². The van der Waals surface area contributed by atoms with Gasteiger partial charge in [0, 0.05) is 24.6 Å². The van der Waals surface area contributed by atoms with Crippen molar-refractivity contribution in [1.29, 1.82) is 0 Å². The van der Waals surface area contributed by atoms with Crippen molar-refractivity contribution in [3.63, 3.8) is 0 Å². The zero-order valence-electron chi connectivity index (χ0n) is 8.25. The van der Waals surface area contributed by atoms with E-state index in [1.54, 1.807) is 7.11 Å². The Morgan fingerprint density at radius 3 is 3.00 bits per heavy atom. The van der Waals surface area contributed by atoms with Gasteiger partial charge in [-0.05, 0) is 31.3 Å². The zero-order chi connectivity index (χ0) is 9.52. The fourth-order valence-electron chi connectivity index (χ4n) is 1.28. The predicted octanol–water partition coefficient (Wildman–Crippen LogP) is 1.92. The van der Waals surface area contributed by atoms with Crippen LogP contribution in [0.5, 0.6) is 0 Å². The normalized spacial score (nSPS) is 13.1. The van der Waals surface area contributed by atoms with Crippen molar-refractivity contribution in [2.24, 2.45) is 0 Å². The molecule has 0 saturated carbocycles. The molecule has 1 aromatic heterocycles. The van der Waals surface area contributed by atoms with Crippen LogP contribution in [0.3, 0.4) is 0 Å². The maximum atomic E-state index is 5.06. The molecular formula is C10H17NOS. The van der Waals surface area contributed by atoms with Crippen molar-refractivity contribution >= 4 is 11.3 Å². The number of hydrogen-bond donors (Lipinski definition) is 1. The minimum Gasteiger partial charge on any atom is -0.385 e. The van der Waals surface area contributed by atoms with E-state index in [0.29, 0.717) is 6.04 Å². The van der Waals surface area contributed by atoms with Crippen LogP contribution < -0.4 is 5.32 Å². The molecule has 0 fully saturated rings. The Morgan fingerprint density at radius 1 is 1.62 bits per heavy atom. The molecule has 3 heteroatoms. The molecule has 74 valence electrons. The van der Waals surface area contributed by atoms with Gasteiger partial charge in [0.2, 0.25) is 0 Å². The van der Waals surface area contributed by atoms with Crippen LogP contribution in [-0.2, 0) is 11.2 Å². The van der Waals surface area contributed by atoms with Gasteiger partial charge < -0.3 is 10.1 Å². The van der Waals surface area contributed by atoms with Gasteiger partial charge in [-0.3, -0.25) is 0 Å². The lowest BCUT2D eigenvalue weighted by Gasteiger charge is -2.14. The SMILES string of the molecule is CNC(CCOC)Cc1cccs1. The summed E-state index contributed by atoms with van der Waals surface area (Å²) in [5.41, 5.74) is 0. The van der Waals surface area contributed by atoms with E-state index < -0.39 is 0 Å². The third-order valence-electron chi connectivity index (χ3n) is 2.11. The second-order valence-electron chi connectivity index (χ2n) is 3.05. The average Bonchev–Trinajstić information content (AvgIpc) is 2.64. The highest BCUT2D eigenvalue weighted by molar-refractivity contribution is 7.09. The van der Waals surface area contributed by atoms with Crippen molar-refractivity contribution in [1.82, 2.24) is 5.32 Å². The molecule has 0 aliphatic carbocycles. The summed E-state index contributed by atoms with van der Waals surface area (Å²) in [5.74, 6) is 0. The lowest BCUT2D eigenvalue weighted by molar-refractivity contribution is 0.184. The highest BCUT2D eigenvalue weighted by atomic mass is 32.1. The van der Waals surface area contributed by atoms with E-state index in [0.717, 1.165) is 19.4 Å². The smallest absolute Gasteiger partial charge is 0.0477 e. The molecule has 1 N–H and O–H groups in total. The van der Waals surface area contributed by atoms with Gasteiger partial charge in [0.15, 0.2) is 0 Å². The molecule has 0 saturated heterocycles. The number of likely N-dealkylation sites (N-methyl/N-ethyl adjacent to an activating group) is 1. The number of nitrogens with one attached hydrogen (secondary N) is 1. The molecule has 1 atom stereocenters. The molecular weight excluding hydrogens is 182 g/mol. The minimum absolute atomic E-state index is 0.540. The van der Waals surface area contributed by atoms with Gasteiger partial charge in [-0.25, -0.2) is 0 Å². The van der Waals surface area contributed by atoms with Crippen molar-refractivity contribution in [2.75, 3.05) is 20.8 Å². The maximum absolute atomic E-state index is 5.06. The molecule has 0 aromatic carbocycles. The summed E-state index contributed by atoms with van der Waals surface area (Å²) in [4.78, 5) is 1.44. The quantitative estimate of drug-likeness (QED) is 0.755. The molecule has 2 nitrogen and oxygen atoms in total. The Labute approximate surface area is 83.9 Å². The Hall–Kier alpha value is -0.380. The number of rotatable bonds is 6. The Kier molecular flexibility index (Phi) is 5.05. The zero-order valence-corrected chi connectivity index (χ0v) is 9.06. The highest BCUT2D eigenvalue weighted by Crippen LogP contribution is 2.12. The summed E-state index contributed by atoms with van der Waals surface area (Å²) in [6, 6.07) is 4.82. The van der Waals surface area contributed by atoms with Crippen LogP contribution in [0.4, 0.5) is 0 Å². The molecule has 0 bridgehead atoms. The van der Waals surface area contributed by atoms with E-state index in [-0.39, 0.29) is 0 Å². The number of ether oxygens (including phenoxy) is 1. The van der Waals surface area contributed by atoms with E-state index in [1.165, 1.54) is 4.88 Å². The monoisotopic (exact) mass is 199 g/mol. The van der Waals surface area contributed by atoms with Gasteiger partial charge in [-0.15, -0.1) is 11.3 Å². The van der Waals surface area contributed by atoms with Crippen LogP contribution in [0.25, 0.3) is 0 Å². The van der Waals surface area contributed by atoms with Gasteiger partial charge in [-0.2, -0.15) is 0 Å². The third kappa shape index (κ3) is 3.89. The summed E-state index contributed by atoms with van der Waals surface area (Å²) < 4.78 is 5.06. The van der Waals surface area contributed by atoms with Gasteiger partial charge in [-0.1, -0.05) is 6.07 Å². The first-order chi connectivity index (χ1) is 6.36. The van der Waals surface area contributed by atoms with Crippen molar-refractivity contribution in [3.05, 3.63) is 22.4 Å². The lowest BCUT2D eigenvalue weighted by Crippen LogP contribution is -2.28. The summed E-state index contributed by atoms with van der Waals surface area (Å²) in [6.07, 6.45) is 2.18. The second-order valence-corrected chi connectivity index (χ2v) is 4.08. The van der Waals surface area contributed by atoms with Crippen molar-refractivity contribution < 1.29 is 4.74 Å². The first-order valence-electron chi connectivity index (χ1n) is 4.55. The molecule has 1 rings (SSSR count). The molecule has 1 aromatic rings. The largest absolute Gasteiger partial charge is 0.385 e.